The van der Waals surface area contributed by atoms with Crippen LogP contribution < -0.4 is 4.74 Å². The molecule has 0 aliphatic rings. The lowest BCUT2D eigenvalue weighted by molar-refractivity contribution is 0.322. The maximum absolute atomic E-state index is 6.13. The predicted octanol–water partition coefficient (Wildman–Crippen LogP) is 7.86. The van der Waals surface area contributed by atoms with Gasteiger partial charge in [0.2, 0.25) is 0 Å². The van der Waals surface area contributed by atoms with Crippen molar-refractivity contribution in [3.8, 4) is 5.75 Å². The van der Waals surface area contributed by atoms with Crippen LogP contribution in [-0.4, -0.2) is 18.1 Å². The highest BCUT2D eigenvalue weighted by atomic mass is 32.2. The average Bonchev–Trinajstić information content (AvgIpc) is 2.70. The van der Waals surface area contributed by atoms with Crippen LogP contribution >= 0.6 is 11.8 Å². The van der Waals surface area contributed by atoms with Gasteiger partial charge in [-0.1, -0.05) is 75.4 Å². The van der Waals surface area contributed by atoms with Crippen LogP contribution in [0.5, 0.6) is 5.75 Å². The van der Waals surface area contributed by atoms with Gasteiger partial charge in [-0.05, 0) is 58.7 Å². The van der Waals surface area contributed by atoms with Gasteiger partial charge in [0.05, 0.1) is 6.61 Å². The molecule has 0 fully saturated rings. The number of fused-ring (bicyclic) bond motifs is 2. The number of ether oxygens (including phenoxy) is 1. The van der Waals surface area contributed by atoms with Crippen LogP contribution in [0.3, 0.4) is 0 Å². The van der Waals surface area contributed by atoms with E-state index in [0.29, 0.717) is 0 Å². The highest BCUT2D eigenvalue weighted by molar-refractivity contribution is 7.99. The number of hydrogen-bond donors (Lipinski definition) is 0. The largest absolute Gasteiger partial charge is 0.493 e. The molecule has 0 bridgehead atoms. The summed E-state index contributed by atoms with van der Waals surface area (Å²) in [6.45, 7) is 3.08. The van der Waals surface area contributed by atoms with Gasteiger partial charge < -0.3 is 4.74 Å². The summed E-state index contributed by atoms with van der Waals surface area (Å²) in [6.07, 6.45) is 9.43. The molecular weight excluding hydrogens is 348 g/mol. The van der Waals surface area contributed by atoms with Crippen LogP contribution in [0.15, 0.2) is 54.6 Å². The van der Waals surface area contributed by atoms with Gasteiger partial charge in [0, 0.05) is 5.39 Å². The Morgan fingerprint density at radius 3 is 2.26 bits per heavy atom. The molecule has 0 atom stereocenters. The predicted molar refractivity (Wildman–Crippen MR) is 122 cm³/mol. The van der Waals surface area contributed by atoms with E-state index in [1.54, 1.807) is 0 Å². The van der Waals surface area contributed by atoms with E-state index >= 15 is 0 Å². The number of unbranched alkanes of at least 4 members (excludes halogenated alkanes) is 5. The fourth-order valence-corrected chi connectivity index (χ4v) is 4.43. The van der Waals surface area contributed by atoms with Gasteiger partial charge in [-0.3, -0.25) is 0 Å². The van der Waals surface area contributed by atoms with Crippen LogP contribution in [0.4, 0.5) is 0 Å². The first kappa shape index (κ1) is 20.1. The first-order valence-electron chi connectivity index (χ1n) is 10.5. The van der Waals surface area contributed by atoms with Crippen molar-refractivity contribution in [1.29, 1.82) is 0 Å². The van der Waals surface area contributed by atoms with E-state index in [0.717, 1.165) is 18.8 Å². The van der Waals surface area contributed by atoms with Crippen molar-refractivity contribution in [2.45, 2.75) is 51.9 Å². The van der Waals surface area contributed by atoms with Crippen LogP contribution in [0.1, 0.15) is 51.9 Å². The SMILES string of the molecule is CCCCCCCCSCCCOc1cccc2cc3ccccc3cc12. The highest BCUT2D eigenvalue weighted by Gasteiger charge is 2.04. The van der Waals surface area contributed by atoms with E-state index in [1.165, 1.54) is 71.6 Å². The van der Waals surface area contributed by atoms with Crippen molar-refractivity contribution in [2.24, 2.45) is 0 Å². The second-order valence-electron chi connectivity index (χ2n) is 7.26. The Hall–Kier alpha value is -1.67. The molecule has 0 N–H and O–H groups in total. The normalized spacial score (nSPS) is 11.3. The zero-order chi connectivity index (χ0) is 18.7. The summed E-state index contributed by atoms with van der Waals surface area (Å²) in [5.41, 5.74) is 0. The number of thioether (sulfide) groups is 1. The molecule has 2 heteroatoms. The fourth-order valence-electron chi connectivity index (χ4n) is 3.49. The number of benzene rings is 3. The lowest BCUT2D eigenvalue weighted by Crippen LogP contribution is -1.99. The topological polar surface area (TPSA) is 9.23 Å². The Labute approximate surface area is 168 Å². The van der Waals surface area contributed by atoms with Crippen molar-refractivity contribution in [2.75, 3.05) is 18.1 Å². The standard InChI is InChI=1S/C25H32OS/c1-2-3-4-5-6-9-17-27-18-11-16-26-25-15-10-14-23-19-21-12-7-8-13-22(21)20-24(23)25/h7-8,10,12-15,19-20H,2-6,9,11,16-18H2,1H3. The molecule has 0 aliphatic carbocycles. The highest BCUT2D eigenvalue weighted by Crippen LogP contribution is 2.30. The van der Waals surface area contributed by atoms with E-state index in [2.05, 4.69) is 73.3 Å². The zero-order valence-corrected chi connectivity index (χ0v) is 17.4. The molecule has 3 aromatic rings. The summed E-state index contributed by atoms with van der Waals surface area (Å²) < 4.78 is 6.13. The molecule has 0 saturated heterocycles. The summed E-state index contributed by atoms with van der Waals surface area (Å²) in [4.78, 5) is 0. The van der Waals surface area contributed by atoms with Crippen LogP contribution in [-0.2, 0) is 0 Å². The Bertz CT molecular complexity index is 827. The lowest BCUT2D eigenvalue weighted by Gasteiger charge is -2.10. The third-order valence-corrected chi connectivity index (χ3v) is 6.19. The molecule has 0 amide bonds. The molecule has 0 heterocycles. The quantitative estimate of drug-likeness (QED) is 0.234. The summed E-state index contributed by atoms with van der Waals surface area (Å²) in [5, 5.41) is 5.03. The Balaban J connectivity index is 1.41. The van der Waals surface area contributed by atoms with Crippen molar-refractivity contribution >= 4 is 33.3 Å². The smallest absolute Gasteiger partial charge is 0.127 e. The Morgan fingerprint density at radius 1 is 0.704 bits per heavy atom. The summed E-state index contributed by atoms with van der Waals surface area (Å²) >= 11 is 2.08. The van der Waals surface area contributed by atoms with Crippen molar-refractivity contribution < 1.29 is 4.74 Å². The molecule has 0 radical (unpaired) electrons. The molecule has 0 aromatic heterocycles. The van der Waals surface area contributed by atoms with Crippen molar-refractivity contribution in [1.82, 2.24) is 0 Å². The van der Waals surface area contributed by atoms with Crippen molar-refractivity contribution in [3.05, 3.63) is 54.6 Å². The lowest BCUT2D eigenvalue weighted by atomic mass is 10.0. The van der Waals surface area contributed by atoms with Gasteiger partial charge in [0.15, 0.2) is 0 Å². The minimum absolute atomic E-state index is 0.801. The molecule has 144 valence electrons. The minimum Gasteiger partial charge on any atom is -0.493 e. The third kappa shape index (κ3) is 6.17. The first-order valence-corrected chi connectivity index (χ1v) is 11.7. The van der Waals surface area contributed by atoms with Gasteiger partial charge in [-0.25, -0.2) is 0 Å². The van der Waals surface area contributed by atoms with Gasteiger partial charge in [0.25, 0.3) is 0 Å². The number of rotatable bonds is 12. The number of hydrogen-bond acceptors (Lipinski definition) is 2. The van der Waals surface area contributed by atoms with E-state index in [1.807, 2.05) is 0 Å². The Morgan fingerprint density at radius 2 is 1.41 bits per heavy atom. The average molecular weight is 381 g/mol. The van der Waals surface area contributed by atoms with E-state index in [9.17, 15) is 0 Å². The van der Waals surface area contributed by atoms with E-state index in [4.69, 9.17) is 4.74 Å². The van der Waals surface area contributed by atoms with Crippen molar-refractivity contribution in [3.63, 3.8) is 0 Å². The zero-order valence-electron chi connectivity index (χ0n) is 16.6. The van der Waals surface area contributed by atoms with E-state index in [-0.39, 0.29) is 0 Å². The van der Waals surface area contributed by atoms with Gasteiger partial charge >= 0.3 is 0 Å². The summed E-state index contributed by atoms with van der Waals surface area (Å²) in [6, 6.07) is 19.4. The molecule has 27 heavy (non-hydrogen) atoms. The monoisotopic (exact) mass is 380 g/mol. The maximum atomic E-state index is 6.13. The fraction of sp³-hybridized carbons (Fsp3) is 0.440. The second-order valence-corrected chi connectivity index (χ2v) is 8.48. The van der Waals surface area contributed by atoms with Gasteiger partial charge in [-0.2, -0.15) is 11.8 Å². The second kappa shape index (κ2) is 11.2. The molecule has 1 nitrogen and oxygen atoms in total. The Kier molecular flexibility index (Phi) is 8.35. The first-order chi connectivity index (χ1) is 13.4. The van der Waals surface area contributed by atoms with Gasteiger partial charge in [-0.15, -0.1) is 0 Å². The molecule has 0 saturated carbocycles. The molecule has 0 aliphatic heterocycles. The summed E-state index contributed by atoms with van der Waals surface area (Å²) in [7, 11) is 0. The molecule has 3 rings (SSSR count). The summed E-state index contributed by atoms with van der Waals surface area (Å²) in [5.74, 6) is 3.51. The molecular formula is C25H32OS. The van der Waals surface area contributed by atoms with Gasteiger partial charge in [0.1, 0.15) is 5.75 Å². The third-order valence-electron chi connectivity index (χ3n) is 5.04. The molecule has 0 unspecified atom stereocenters. The van der Waals surface area contributed by atoms with Crippen LogP contribution in [0.25, 0.3) is 21.5 Å². The van der Waals surface area contributed by atoms with Crippen LogP contribution in [0.2, 0.25) is 0 Å². The molecule has 3 aromatic carbocycles. The van der Waals surface area contributed by atoms with Crippen LogP contribution in [0, 0.1) is 0 Å². The molecule has 0 spiro atoms. The minimum atomic E-state index is 0.801. The maximum Gasteiger partial charge on any atom is 0.127 e. The van der Waals surface area contributed by atoms with E-state index < -0.39 is 0 Å².